The standard InChI is InChI=1S/C24H29N5O/c1-2-29-19-22(16-25-29)24(30)26-23-10-8-21(9-11-23)18-28-14-12-27(13-15-28)17-20-6-4-3-5-7-20/h3-11,16,19H,2,12-15,17-18H2,1H3,(H,26,30). The molecule has 0 radical (unpaired) electrons. The zero-order valence-corrected chi connectivity index (χ0v) is 17.5. The fourth-order valence-electron chi connectivity index (χ4n) is 3.76. The van der Waals surface area contributed by atoms with Gasteiger partial charge in [-0.25, -0.2) is 0 Å². The van der Waals surface area contributed by atoms with E-state index in [1.807, 2.05) is 19.1 Å². The monoisotopic (exact) mass is 403 g/mol. The van der Waals surface area contributed by atoms with Gasteiger partial charge in [-0.3, -0.25) is 19.3 Å². The lowest BCUT2D eigenvalue weighted by Gasteiger charge is -2.34. The number of hydrogen-bond acceptors (Lipinski definition) is 4. The van der Waals surface area contributed by atoms with E-state index in [9.17, 15) is 4.79 Å². The minimum absolute atomic E-state index is 0.128. The maximum Gasteiger partial charge on any atom is 0.258 e. The highest BCUT2D eigenvalue weighted by Crippen LogP contribution is 2.15. The molecule has 0 atom stereocenters. The van der Waals surface area contributed by atoms with Crippen LogP contribution in [0, 0.1) is 0 Å². The van der Waals surface area contributed by atoms with E-state index in [0.717, 1.165) is 51.5 Å². The molecule has 1 aliphatic heterocycles. The molecular weight excluding hydrogens is 374 g/mol. The highest BCUT2D eigenvalue weighted by molar-refractivity contribution is 6.03. The number of rotatable bonds is 7. The van der Waals surface area contributed by atoms with Crippen molar-refractivity contribution in [3.8, 4) is 0 Å². The van der Waals surface area contributed by atoms with Crippen molar-refractivity contribution in [1.29, 1.82) is 0 Å². The van der Waals surface area contributed by atoms with Gasteiger partial charge in [0.25, 0.3) is 5.91 Å². The summed E-state index contributed by atoms with van der Waals surface area (Å²) in [4.78, 5) is 17.3. The Morgan fingerprint density at radius 3 is 2.07 bits per heavy atom. The Morgan fingerprint density at radius 2 is 1.50 bits per heavy atom. The van der Waals surface area contributed by atoms with Crippen molar-refractivity contribution in [3.05, 3.63) is 83.7 Å². The van der Waals surface area contributed by atoms with Crippen molar-refractivity contribution in [2.75, 3.05) is 31.5 Å². The number of benzene rings is 2. The third-order valence-corrected chi connectivity index (χ3v) is 5.55. The van der Waals surface area contributed by atoms with Gasteiger partial charge in [0.05, 0.1) is 11.8 Å². The van der Waals surface area contributed by atoms with Crippen LogP contribution in [0.25, 0.3) is 0 Å². The number of carbonyl (C=O) groups is 1. The third-order valence-electron chi connectivity index (χ3n) is 5.55. The molecule has 6 nitrogen and oxygen atoms in total. The summed E-state index contributed by atoms with van der Waals surface area (Å²) in [6.45, 7) is 9.05. The number of nitrogens with one attached hydrogen (secondary N) is 1. The fourth-order valence-corrected chi connectivity index (χ4v) is 3.76. The van der Waals surface area contributed by atoms with Gasteiger partial charge in [0.15, 0.2) is 0 Å². The Labute approximate surface area is 178 Å². The molecule has 1 amide bonds. The van der Waals surface area contributed by atoms with Gasteiger partial charge < -0.3 is 5.32 Å². The largest absolute Gasteiger partial charge is 0.322 e. The summed E-state index contributed by atoms with van der Waals surface area (Å²) >= 11 is 0. The molecule has 1 saturated heterocycles. The Kier molecular flexibility index (Phi) is 6.57. The van der Waals surface area contributed by atoms with Crippen molar-refractivity contribution in [2.45, 2.75) is 26.6 Å². The minimum Gasteiger partial charge on any atom is -0.322 e. The highest BCUT2D eigenvalue weighted by Gasteiger charge is 2.17. The summed E-state index contributed by atoms with van der Waals surface area (Å²) in [5.74, 6) is -0.128. The second-order valence-corrected chi connectivity index (χ2v) is 7.77. The number of anilines is 1. The summed E-state index contributed by atoms with van der Waals surface area (Å²) in [6.07, 6.45) is 3.37. The first-order valence-electron chi connectivity index (χ1n) is 10.6. The summed E-state index contributed by atoms with van der Waals surface area (Å²) in [5, 5.41) is 7.09. The molecule has 0 spiro atoms. The van der Waals surface area contributed by atoms with E-state index in [-0.39, 0.29) is 5.91 Å². The van der Waals surface area contributed by atoms with Gasteiger partial charge in [-0.05, 0) is 30.2 Å². The smallest absolute Gasteiger partial charge is 0.258 e. The van der Waals surface area contributed by atoms with Crippen LogP contribution in [0.1, 0.15) is 28.4 Å². The lowest BCUT2D eigenvalue weighted by molar-refractivity contribution is 0.102. The van der Waals surface area contributed by atoms with Crippen LogP contribution < -0.4 is 5.32 Å². The molecule has 30 heavy (non-hydrogen) atoms. The molecule has 2 aromatic carbocycles. The minimum atomic E-state index is -0.128. The molecule has 2 heterocycles. The summed E-state index contributed by atoms with van der Waals surface area (Å²) in [5.41, 5.74) is 4.03. The number of aryl methyl sites for hydroxylation is 1. The average molecular weight is 404 g/mol. The number of hydrogen-bond donors (Lipinski definition) is 1. The molecule has 156 valence electrons. The molecule has 3 aromatic rings. The second-order valence-electron chi connectivity index (χ2n) is 7.77. The van der Waals surface area contributed by atoms with Gasteiger partial charge in [-0.15, -0.1) is 0 Å². The average Bonchev–Trinajstić information content (AvgIpc) is 3.27. The Bertz CT molecular complexity index is 943. The van der Waals surface area contributed by atoms with E-state index in [1.54, 1.807) is 17.1 Å². The van der Waals surface area contributed by atoms with E-state index in [0.29, 0.717) is 5.56 Å². The zero-order chi connectivity index (χ0) is 20.8. The molecule has 6 heteroatoms. The third kappa shape index (κ3) is 5.34. The molecule has 0 aliphatic carbocycles. The van der Waals surface area contributed by atoms with Gasteiger partial charge in [0.2, 0.25) is 0 Å². The fraction of sp³-hybridized carbons (Fsp3) is 0.333. The molecule has 4 rings (SSSR count). The van der Waals surface area contributed by atoms with Crippen molar-refractivity contribution in [3.63, 3.8) is 0 Å². The molecule has 1 aromatic heterocycles. The van der Waals surface area contributed by atoms with Crippen LogP contribution in [0.2, 0.25) is 0 Å². The number of aromatic nitrogens is 2. The van der Waals surface area contributed by atoms with Gasteiger partial charge in [0.1, 0.15) is 0 Å². The normalized spacial score (nSPS) is 15.2. The number of nitrogens with zero attached hydrogens (tertiary/aromatic N) is 4. The van der Waals surface area contributed by atoms with Crippen LogP contribution in [-0.2, 0) is 19.6 Å². The molecule has 1 N–H and O–H groups in total. The van der Waals surface area contributed by atoms with E-state index >= 15 is 0 Å². The number of amides is 1. The van der Waals surface area contributed by atoms with E-state index in [1.165, 1.54) is 11.1 Å². The quantitative estimate of drug-likeness (QED) is 0.656. The van der Waals surface area contributed by atoms with Gasteiger partial charge in [-0.2, -0.15) is 5.10 Å². The van der Waals surface area contributed by atoms with Crippen LogP contribution in [0.5, 0.6) is 0 Å². The first-order valence-corrected chi connectivity index (χ1v) is 10.6. The molecule has 1 fully saturated rings. The predicted molar refractivity (Wildman–Crippen MR) is 119 cm³/mol. The predicted octanol–water partition coefficient (Wildman–Crippen LogP) is 3.47. The van der Waals surface area contributed by atoms with Gasteiger partial charge in [-0.1, -0.05) is 42.5 Å². The first kappa shape index (κ1) is 20.3. The van der Waals surface area contributed by atoms with Crippen LogP contribution in [0.3, 0.4) is 0 Å². The van der Waals surface area contributed by atoms with Crippen molar-refractivity contribution < 1.29 is 4.79 Å². The van der Waals surface area contributed by atoms with Crippen molar-refractivity contribution in [1.82, 2.24) is 19.6 Å². The number of piperazine rings is 1. The Morgan fingerprint density at radius 1 is 0.900 bits per heavy atom. The molecule has 0 bridgehead atoms. The molecular formula is C24H29N5O. The summed E-state index contributed by atoms with van der Waals surface area (Å²) in [7, 11) is 0. The Hall–Kier alpha value is -2.96. The van der Waals surface area contributed by atoms with E-state index in [4.69, 9.17) is 0 Å². The maximum absolute atomic E-state index is 12.3. The highest BCUT2D eigenvalue weighted by atomic mass is 16.1. The van der Waals surface area contributed by atoms with Crippen LogP contribution >= 0.6 is 0 Å². The number of carbonyl (C=O) groups excluding carboxylic acids is 1. The van der Waals surface area contributed by atoms with E-state index in [2.05, 4.69) is 62.7 Å². The lowest BCUT2D eigenvalue weighted by atomic mass is 10.1. The van der Waals surface area contributed by atoms with Crippen LogP contribution in [0.4, 0.5) is 5.69 Å². The topological polar surface area (TPSA) is 53.4 Å². The van der Waals surface area contributed by atoms with Crippen LogP contribution in [-0.4, -0.2) is 51.7 Å². The molecule has 1 aliphatic rings. The van der Waals surface area contributed by atoms with Gasteiger partial charge in [0, 0.05) is 57.7 Å². The summed E-state index contributed by atoms with van der Waals surface area (Å²) < 4.78 is 1.75. The first-order chi connectivity index (χ1) is 14.7. The Balaban J connectivity index is 1.24. The SMILES string of the molecule is CCn1cc(C(=O)Nc2ccc(CN3CCN(Cc4ccccc4)CC3)cc2)cn1. The molecule has 0 unspecified atom stereocenters. The summed E-state index contributed by atoms with van der Waals surface area (Å²) in [6, 6.07) is 18.8. The van der Waals surface area contributed by atoms with Gasteiger partial charge >= 0.3 is 0 Å². The van der Waals surface area contributed by atoms with E-state index < -0.39 is 0 Å². The second kappa shape index (κ2) is 9.69. The van der Waals surface area contributed by atoms with Crippen LogP contribution in [0.15, 0.2) is 67.0 Å². The maximum atomic E-state index is 12.3. The molecule has 0 saturated carbocycles. The lowest BCUT2D eigenvalue weighted by Crippen LogP contribution is -2.45. The van der Waals surface area contributed by atoms with Crippen molar-refractivity contribution in [2.24, 2.45) is 0 Å². The zero-order valence-electron chi connectivity index (χ0n) is 17.5. The van der Waals surface area contributed by atoms with Crippen molar-refractivity contribution >= 4 is 11.6 Å².